The van der Waals surface area contributed by atoms with E-state index in [2.05, 4.69) is 5.32 Å². The number of phenols is 1. The Hall–Kier alpha value is -3.64. The summed E-state index contributed by atoms with van der Waals surface area (Å²) in [7, 11) is 3.14. The number of carbonyl (C=O) groups is 2. The van der Waals surface area contributed by atoms with Crippen LogP contribution in [0, 0.1) is 0 Å². The maximum absolute atomic E-state index is 13.8. The lowest BCUT2D eigenvalue weighted by Gasteiger charge is -2.35. The predicted octanol–water partition coefficient (Wildman–Crippen LogP) is 3.71. The molecular formula is C31H36ClN3O8. The molecule has 3 heterocycles. The number of benzene rings is 2. The molecule has 0 saturated carbocycles. The van der Waals surface area contributed by atoms with E-state index in [1.807, 2.05) is 11.9 Å². The number of ether oxygens (including phenoxy) is 2. The molecule has 0 radical (unpaired) electrons. The van der Waals surface area contributed by atoms with Gasteiger partial charge in [-0.25, -0.2) is 4.79 Å². The van der Waals surface area contributed by atoms with E-state index in [9.17, 15) is 24.6 Å². The highest BCUT2D eigenvalue weighted by Gasteiger charge is 2.36. The summed E-state index contributed by atoms with van der Waals surface area (Å²) in [6.45, 7) is 2.09. The van der Waals surface area contributed by atoms with Gasteiger partial charge in [-0.2, -0.15) is 0 Å². The second kappa shape index (κ2) is 13.3. The van der Waals surface area contributed by atoms with Crippen molar-refractivity contribution in [3.8, 4) is 22.8 Å². The van der Waals surface area contributed by atoms with Crippen molar-refractivity contribution in [2.24, 2.45) is 0 Å². The average molecular weight is 614 g/mol. The first kappa shape index (κ1) is 30.8. The Balaban J connectivity index is 1.66. The summed E-state index contributed by atoms with van der Waals surface area (Å²) >= 11 is 6.42. The summed E-state index contributed by atoms with van der Waals surface area (Å²) in [5.74, 6) is -1.54. The zero-order valence-corrected chi connectivity index (χ0v) is 24.9. The van der Waals surface area contributed by atoms with Gasteiger partial charge in [-0.3, -0.25) is 14.5 Å². The van der Waals surface area contributed by atoms with Crippen molar-refractivity contribution in [3.05, 3.63) is 57.2 Å². The van der Waals surface area contributed by atoms with Crippen LogP contribution < -0.4 is 15.5 Å². The van der Waals surface area contributed by atoms with E-state index in [0.29, 0.717) is 49.5 Å². The Bertz CT molecular complexity index is 1550. The Morgan fingerprint density at radius 1 is 1.19 bits per heavy atom. The molecule has 2 aromatic carbocycles. The van der Waals surface area contributed by atoms with Crippen molar-refractivity contribution in [1.29, 1.82) is 0 Å². The van der Waals surface area contributed by atoms with Crippen LogP contribution in [0.2, 0.25) is 5.02 Å². The minimum atomic E-state index is -0.891. The van der Waals surface area contributed by atoms with Crippen LogP contribution >= 0.6 is 11.6 Å². The molecule has 11 nitrogen and oxygen atoms in total. The number of rotatable bonds is 6. The van der Waals surface area contributed by atoms with Crippen LogP contribution in [0.4, 0.5) is 4.79 Å². The van der Waals surface area contributed by atoms with Gasteiger partial charge < -0.3 is 34.3 Å². The van der Waals surface area contributed by atoms with Gasteiger partial charge in [0.15, 0.2) is 5.43 Å². The molecule has 2 aliphatic heterocycles. The smallest absolute Gasteiger partial charge is 0.416 e. The largest absolute Gasteiger partial charge is 0.507 e. The summed E-state index contributed by atoms with van der Waals surface area (Å²) in [6, 6.07) is 9.03. The average Bonchev–Trinajstić information content (AvgIpc) is 3.26. The second-order valence-electron chi connectivity index (χ2n) is 11.1. The molecule has 0 bridgehead atoms. The van der Waals surface area contributed by atoms with Gasteiger partial charge >= 0.3 is 12.1 Å². The fourth-order valence-corrected chi connectivity index (χ4v) is 6.21. The standard InChI is InChI=1S/C31H36ClN3O8/c1-34-13-10-20(24(38)16-34)28-26(43-31(40)35(17-27(39)41-2)18-6-5-11-33-12-9-18)15-23(37)29-22(36)14-25(42-30(28)29)19-7-3-4-8-21(19)32/h3-4,7-8,14-15,18,20,24,33,37-38H,5-6,9-13,16-17H2,1-2H3/t18?,20-,24+/m0/s1. The van der Waals surface area contributed by atoms with Crippen LogP contribution in [-0.4, -0.2) is 91.1 Å². The van der Waals surface area contributed by atoms with Crippen LogP contribution in [-0.2, 0) is 9.53 Å². The Labute approximate surface area is 253 Å². The molecule has 3 aromatic rings. The lowest BCUT2D eigenvalue weighted by Crippen LogP contribution is -2.46. The van der Waals surface area contributed by atoms with E-state index in [-0.39, 0.29) is 40.6 Å². The third kappa shape index (κ3) is 6.65. The van der Waals surface area contributed by atoms with Crippen molar-refractivity contribution in [3.63, 3.8) is 0 Å². The molecule has 0 spiro atoms. The lowest BCUT2D eigenvalue weighted by atomic mass is 9.85. The van der Waals surface area contributed by atoms with Crippen molar-refractivity contribution >= 4 is 34.6 Å². The van der Waals surface area contributed by atoms with Crippen LogP contribution in [0.25, 0.3) is 22.3 Å². The number of hydrogen-bond donors (Lipinski definition) is 3. The van der Waals surface area contributed by atoms with Gasteiger partial charge in [0.05, 0.1) is 18.2 Å². The van der Waals surface area contributed by atoms with E-state index in [0.717, 1.165) is 13.0 Å². The first-order valence-electron chi connectivity index (χ1n) is 14.4. The monoisotopic (exact) mass is 613 g/mol. The Morgan fingerprint density at radius 2 is 1.98 bits per heavy atom. The molecule has 2 saturated heterocycles. The molecule has 5 rings (SSSR count). The maximum Gasteiger partial charge on any atom is 0.416 e. The molecule has 12 heteroatoms. The number of fused-ring (bicyclic) bond motifs is 1. The molecule has 43 heavy (non-hydrogen) atoms. The number of carbonyl (C=O) groups excluding carboxylic acids is 2. The molecule has 1 aromatic heterocycles. The zero-order valence-electron chi connectivity index (χ0n) is 24.2. The van der Waals surface area contributed by atoms with Crippen LogP contribution in [0.1, 0.15) is 37.2 Å². The SMILES string of the molecule is COC(=O)CN(C(=O)Oc1cc(O)c2c(=O)cc(-c3ccccc3Cl)oc2c1[C@H]1CCN(C)C[C@H]1O)C1CCCNCC1. The number of hydrogen-bond acceptors (Lipinski definition) is 10. The Morgan fingerprint density at radius 3 is 2.72 bits per heavy atom. The van der Waals surface area contributed by atoms with Gasteiger partial charge in [0, 0.05) is 41.8 Å². The first-order valence-corrected chi connectivity index (χ1v) is 14.8. The summed E-state index contributed by atoms with van der Waals surface area (Å²) in [4.78, 5) is 42.9. The molecule has 230 valence electrons. The summed E-state index contributed by atoms with van der Waals surface area (Å²) in [5.41, 5.74) is 0.227. The van der Waals surface area contributed by atoms with E-state index in [1.54, 1.807) is 24.3 Å². The number of phenolic OH excluding ortho intramolecular Hbond substituents is 1. The van der Waals surface area contributed by atoms with Gasteiger partial charge in [-0.05, 0) is 64.5 Å². The summed E-state index contributed by atoms with van der Waals surface area (Å²) in [6.07, 6.45) is 0.809. The number of halogens is 1. The number of β-amino-alcohol motifs (C(OH)–C–C–N with tert-alkyl or cyclic N) is 1. The number of aliphatic hydroxyl groups is 1. The van der Waals surface area contributed by atoms with Crippen LogP contribution in [0.5, 0.6) is 11.5 Å². The minimum Gasteiger partial charge on any atom is -0.507 e. The number of esters is 1. The van der Waals surface area contributed by atoms with Gasteiger partial charge in [0.1, 0.15) is 34.8 Å². The van der Waals surface area contributed by atoms with Gasteiger partial charge in [0.25, 0.3) is 0 Å². The molecule has 3 N–H and O–H groups in total. The molecule has 3 atom stereocenters. The van der Waals surface area contributed by atoms with Crippen molar-refractivity contribution in [1.82, 2.24) is 15.1 Å². The van der Waals surface area contributed by atoms with Crippen molar-refractivity contribution in [2.75, 3.05) is 46.9 Å². The van der Waals surface area contributed by atoms with Crippen LogP contribution in [0.3, 0.4) is 0 Å². The fourth-order valence-electron chi connectivity index (χ4n) is 5.98. The molecular weight excluding hydrogens is 578 g/mol. The molecule has 1 amide bonds. The molecule has 2 aliphatic rings. The van der Waals surface area contributed by atoms with E-state index < -0.39 is 35.3 Å². The maximum atomic E-state index is 13.8. The summed E-state index contributed by atoms with van der Waals surface area (Å²) < 4.78 is 17.1. The number of aromatic hydroxyl groups is 1. The number of nitrogens with one attached hydrogen (secondary N) is 1. The van der Waals surface area contributed by atoms with Gasteiger partial charge in [0.2, 0.25) is 0 Å². The number of methoxy groups -OCH3 is 1. The topological polar surface area (TPSA) is 142 Å². The number of aliphatic hydroxyl groups excluding tert-OH is 1. The van der Waals surface area contributed by atoms with Crippen molar-refractivity contribution < 1.29 is 33.7 Å². The quantitative estimate of drug-likeness (QED) is 0.352. The van der Waals surface area contributed by atoms with E-state index in [1.165, 1.54) is 24.1 Å². The third-order valence-electron chi connectivity index (χ3n) is 8.22. The summed E-state index contributed by atoms with van der Waals surface area (Å²) in [5, 5.41) is 25.8. The Kier molecular flexibility index (Phi) is 9.55. The second-order valence-corrected chi connectivity index (χ2v) is 11.5. The fraction of sp³-hybridized carbons (Fsp3) is 0.452. The van der Waals surface area contributed by atoms with E-state index >= 15 is 0 Å². The van der Waals surface area contributed by atoms with Crippen molar-refractivity contribution in [2.45, 2.75) is 43.7 Å². The molecule has 2 fully saturated rings. The first-order chi connectivity index (χ1) is 20.7. The lowest BCUT2D eigenvalue weighted by molar-refractivity contribution is -0.142. The number of amides is 1. The molecule has 0 aliphatic carbocycles. The number of likely N-dealkylation sites (tertiary alicyclic amines) is 1. The number of likely N-dealkylation sites (N-methyl/N-ethyl adjacent to an activating group) is 1. The number of nitrogens with zero attached hydrogens (tertiary/aromatic N) is 2. The highest BCUT2D eigenvalue weighted by Crippen LogP contribution is 2.44. The highest BCUT2D eigenvalue weighted by atomic mass is 35.5. The van der Waals surface area contributed by atoms with Gasteiger partial charge in [-0.15, -0.1) is 0 Å². The third-order valence-corrected chi connectivity index (χ3v) is 8.55. The van der Waals surface area contributed by atoms with Crippen LogP contribution in [0.15, 0.2) is 45.6 Å². The highest BCUT2D eigenvalue weighted by molar-refractivity contribution is 6.33. The minimum absolute atomic E-state index is 0.00277. The van der Waals surface area contributed by atoms with Gasteiger partial charge in [-0.1, -0.05) is 23.7 Å². The van der Waals surface area contributed by atoms with E-state index in [4.69, 9.17) is 25.5 Å². The molecule has 1 unspecified atom stereocenters. The zero-order chi connectivity index (χ0) is 30.7. The normalized spacial score (nSPS) is 21.3. The predicted molar refractivity (Wildman–Crippen MR) is 161 cm³/mol. The number of piperidine rings is 1.